The minimum Gasteiger partial charge on any atom is -0.317 e. The first-order chi connectivity index (χ1) is 10.2. The number of urea groups is 1. The van der Waals surface area contributed by atoms with Crippen LogP contribution in [0.2, 0.25) is 5.15 Å². The van der Waals surface area contributed by atoms with Gasteiger partial charge in [-0.1, -0.05) is 11.6 Å². The van der Waals surface area contributed by atoms with E-state index in [9.17, 15) is 4.79 Å². The summed E-state index contributed by atoms with van der Waals surface area (Å²) >= 11 is 5.77. The van der Waals surface area contributed by atoms with Gasteiger partial charge in [-0.05, 0) is 30.5 Å². The van der Waals surface area contributed by atoms with Crippen LogP contribution in [0.3, 0.4) is 0 Å². The fourth-order valence-corrected chi connectivity index (χ4v) is 2.20. The average Bonchev–Trinajstić information content (AvgIpc) is 3.30. The van der Waals surface area contributed by atoms with Gasteiger partial charge in [0, 0.05) is 31.0 Å². The Morgan fingerprint density at radius 1 is 1.38 bits per heavy atom. The molecule has 0 aliphatic heterocycles. The minimum absolute atomic E-state index is 0.154. The molecule has 0 unspecified atom stereocenters. The number of pyridine rings is 1. The van der Waals surface area contributed by atoms with Gasteiger partial charge in [0.25, 0.3) is 0 Å². The lowest BCUT2D eigenvalue weighted by Crippen LogP contribution is -2.36. The molecule has 2 heterocycles. The molecule has 2 aromatic rings. The molecule has 7 heteroatoms. The summed E-state index contributed by atoms with van der Waals surface area (Å²) in [6.07, 6.45) is 7.00. The zero-order valence-corrected chi connectivity index (χ0v) is 12.0. The Kier molecular flexibility index (Phi) is 3.96. The van der Waals surface area contributed by atoms with E-state index in [4.69, 9.17) is 11.6 Å². The van der Waals surface area contributed by atoms with E-state index in [0.29, 0.717) is 18.3 Å². The zero-order valence-electron chi connectivity index (χ0n) is 11.2. The van der Waals surface area contributed by atoms with Gasteiger partial charge in [-0.2, -0.15) is 5.10 Å². The molecular formula is C14H14ClN5O. The summed E-state index contributed by atoms with van der Waals surface area (Å²) in [5, 5.41) is 10.4. The van der Waals surface area contributed by atoms with E-state index in [-0.39, 0.29) is 11.2 Å². The lowest BCUT2D eigenvalue weighted by molar-refractivity contribution is 0.206. The Morgan fingerprint density at radius 2 is 2.14 bits per heavy atom. The quantitative estimate of drug-likeness (QED) is 0.942. The highest BCUT2D eigenvalue weighted by atomic mass is 35.5. The largest absolute Gasteiger partial charge is 0.322 e. The van der Waals surface area contributed by atoms with Gasteiger partial charge in [0.2, 0.25) is 0 Å². The minimum atomic E-state index is -0.154. The topological polar surface area (TPSA) is 71.0 Å². The van der Waals surface area contributed by atoms with Crippen molar-refractivity contribution in [2.45, 2.75) is 25.4 Å². The monoisotopic (exact) mass is 303 g/mol. The molecule has 6 nitrogen and oxygen atoms in total. The lowest BCUT2D eigenvalue weighted by atomic mass is 10.2. The first-order valence-corrected chi connectivity index (χ1v) is 7.05. The Bertz CT molecular complexity index is 632. The second-order valence-electron chi connectivity index (χ2n) is 4.91. The van der Waals surface area contributed by atoms with E-state index in [1.807, 2.05) is 17.0 Å². The van der Waals surface area contributed by atoms with Crippen molar-refractivity contribution in [3.05, 3.63) is 47.5 Å². The van der Waals surface area contributed by atoms with Crippen molar-refractivity contribution in [1.82, 2.24) is 20.1 Å². The highest BCUT2D eigenvalue weighted by Crippen LogP contribution is 2.29. The van der Waals surface area contributed by atoms with Crippen LogP contribution >= 0.6 is 11.6 Å². The number of halogens is 1. The maximum Gasteiger partial charge on any atom is 0.322 e. The summed E-state index contributed by atoms with van der Waals surface area (Å²) in [4.78, 5) is 18.2. The van der Waals surface area contributed by atoms with Gasteiger partial charge in [0.1, 0.15) is 0 Å². The van der Waals surface area contributed by atoms with Crippen molar-refractivity contribution >= 4 is 23.3 Å². The second-order valence-corrected chi connectivity index (χ2v) is 5.30. The molecule has 0 saturated heterocycles. The molecule has 2 amide bonds. The van der Waals surface area contributed by atoms with Crippen LogP contribution in [0.25, 0.3) is 0 Å². The predicted molar refractivity (Wildman–Crippen MR) is 78.9 cm³/mol. The standard InChI is InChI=1S/C14H14ClN5O/c15-13-7-11(8-17-19-13)18-14(21)20(12-1-2-12)9-10-3-5-16-6-4-10/h3-8,12H,1-2,9H2,(H,18,19,21). The summed E-state index contributed by atoms with van der Waals surface area (Å²) in [7, 11) is 0. The van der Waals surface area contributed by atoms with Crippen LogP contribution < -0.4 is 5.32 Å². The van der Waals surface area contributed by atoms with Gasteiger partial charge in [-0.3, -0.25) is 4.98 Å². The van der Waals surface area contributed by atoms with Crippen molar-refractivity contribution in [1.29, 1.82) is 0 Å². The smallest absolute Gasteiger partial charge is 0.317 e. The Morgan fingerprint density at radius 3 is 2.81 bits per heavy atom. The molecule has 1 N–H and O–H groups in total. The van der Waals surface area contributed by atoms with Crippen LogP contribution in [0.15, 0.2) is 36.8 Å². The van der Waals surface area contributed by atoms with E-state index in [1.54, 1.807) is 18.5 Å². The molecule has 21 heavy (non-hydrogen) atoms. The first kappa shape index (κ1) is 13.8. The number of anilines is 1. The molecule has 0 bridgehead atoms. The lowest BCUT2D eigenvalue weighted by Gasteiger charge is -2.22. The Hall–Kier alpha value is -2.21. The van der Waals surface area contributed by atoms with Crippen LogP contribution in [-0.4, -0.2) is 32.2 Å². The van der Waals surface area contributed by atoms with Crippen LogP contribution in [-0.2, 0) is 6.54 Å². The van der Waals surface area contributed by atoms with E-state index in [0.717, 1.165) is 18.4 Å². The van der Waals surface area contributed by atoms with E-state index in [1.165, 1.54) is 6.20 Å². The molecule has 1 fully saturated rings. The number of amides is 2. The molecule has 1 saturated carbocycles. The van der Waals surface area contributed by atoms with Gasteiger partial charge in [-0.15, -0.1) is 5.10 Å². The molecular weight excluding hydrogens is 290 g/mol. The molecule has 2 aromatic heterocycles. The van der Waals surface area contributed by atoms with E-state index >= 15 is 0 Å². The summed E-state index contributed by atoms with van der Waals surface area (Å²) in [5.74, 6) is 0. The molecule has 1 aliphatic rings. The number of nitrogens with zero attached hydrogens (tertiary/aromatic N) is 4. The Labute approximate surface area is 127 Å². The summed E-state index contributed by atoms with van der Waals surface area (Å²) < 4.78 is 0. The third-order valence-electron chi connectivity index (χ3n) is 3.23. The van der Waals surface area contributed by atoms with Gasteiger partial charge in [-0.25, -0.2) is 4.79 Å². The van der Waals surface area contributed by atoms with Crippen molar-refractivity contribution in [3.8, 4) is 0 Å². The third-order valence-corrected chi connectivity index (χ3v) is 3.41. The number of hydrogen-bond donors (Lipinski definition) is 1. The number of carbonyl (C=O) groups is 1. The SMILES string of the molecule is O=C(Nc1cnnc(Cl)c1)N(Cc1ccncc1)C1CC1. The van der Waals surface area contributed by atoms with Crippen LogP contribution in [0.5, 0.6) is 0 Å². The second kappa shape index (κ2) is 6.05. The Balaban J connectivity index is 1.70. The van der Waals surface area contributed by atoms with Gasteiger partial charge < -0.3 is 10.2 Å². The molecule has 0 radical (unpaired) electrons. The third kappa shape index (κ3) is 3.66. The number of hydrogen-bond acceptors (Lipinski definition) is 4. The van der Waals surface area contributed by atoms with E-state index in [2.05, 4.69) is 20.5 Å². The number of nitrogens with one attached hydrogen (secondary N) is 1. The molecule has 1 aliphatic carbocycles. The maximum absolute atomic E-state index is 12.4. The fourth-order valence-electron chi connectivity index (χ4n) is 2.04. The van der Waals surface area contributed by atoms with Crippen molar-refractivity contribution < 1.29 is 4.79 Å². The summed E-state index contributed by atoms with van der Waals surface area (Å²) in [6.45, 7) is 0.561. The molecule has 0 aromatic carbocycles. The van der Waals surface area contributed by atoms with Gasteiger partial charge in [0.15, 0.2) is 5.15 Å². The van der Waals surface area contributed by atoms with Gasteiger partial charge >= 0.3 is 6.03 Å². The van der Waals surface area contributed by atoms with Crippen molar-refractivity contribution in [2.75, 3.05) is 5.32 Å². The summed E-state index contributed by atoms with van der Waals surface area (Å²) in [5.41, 5.74) is 1.60. The van der Waals surface area contributed by atoms with Crippen LogP contribution in [0.1, 0.15) is 18.4 Å². The highest BCUT2D eigenvalue weighted by molar-refractivity contribution is 6.29. The fraction of sp³-hybridized carbons (Fsp3) is 0.286. The maximum atomic E-state index is 12.4. The summed E-state index contributed by atoms with van der Waals surface area (Å²) in [6, 6.07) is 5.53. The number of aromatic nitrogens is 3. The zero-order chi connectivity index (χ0) is 14.7. The van der Waals surface area contributed by atoms with Crippen LogP contribution in [0, 0.1) is 0 Å². The highest BCUT2D eigenvalue weighted by Gasteiger charge is 2.32. The molecule has 3 rings (SSSR count). The predicted octanol–water partition coefficient (Wildman–Crippen LogP) is 2.72. The number of carbonyl (C=O) groups excluding carboxylic acids is 1. The van der Waals surface area contributed by atoms with Crippen LogP contribution in [0.4, 0.5) is 10.5 Å². The van der Waals surface area contributed by atoms with Crippen molar-refractivity contribution in [2.24, 2.45) is 0 Å². The van der Waals surface area contributed by atoms with Gasteiger partial charge in [0.05, 0.1) is 11.9 Å². The average molecular weight is 304 g/mol. The molecule has 0 atom stereocenters. The first-order valence-electron chi connectivity index (χ1n) is 6.67. The van der Waals surface area contributed by atoms with E-state index < -0.39 is 0 Å². The number of rotatable bonds is 4. The molecule has 108 valence electrons. The van der Waals surface area contributed by atoms with Crippen molar-refractivity contribution in [3.63, 3.8) is 0 Å². The molecule has 0 spiro atoms. The normalized spacial score (nSPS) is 13.8.